The number of nitrogens with one attached hydrogen (secondary N) is 1. The predicted octanol–water partition coefficient (Wildman–Crippen LogP) is 2.98. The molecule has 0 aromatic heterocycles. The quantitative estimate of drug-likeness (QED) is 0.788. The first-order chi connectivity index (χ1) is 7.16. The molecule has 0 aliphatic carbocycles. The van der Waals surface area contributed by atoms with Crippen LogP contribution in [0.3, 0.4) is 0 Å². The molecule has 1 saturated heterocycles. The predicted molar refractivity (Wildman–Crippen MR) is 63.7 cm³/mol. The van der Waals surface area contributed by atoms with Gasteiger partial charge in [-0.25, -0.2) is 4.39 Å². The van der Waals surface area contributed by atoms with E-state index in [4.69, 9.17) is 0 Å². The average molecular weight is 225 g/mol. The summed E-state index contributed by atoms with van der Waals surface area (Å²) in [5, 5.41) is 4.61. The van der Waals surface area contributed by atoms with Crippen LogP contribution in [-0.4, -0.2) is 17.0 Å². The van der Waals surface area contributed by atoms with Gasteiger partial charge in [0.2, 0.25) is 0 Å². The highest BCUT2D eigenvalue weighted by molar-refractivity contribution is 8.00. The Morgan fingerprint density at radius 3 is 2.87 bits per heavy atom. The molecular formula is C12H16FNS. The summed E-state index contributed by atoms with van der Waals surface area (Å²) in [5.41, 5.74) is 1.06. The van der Waals surface area contributed by atoms with E-state index in [-0.39, 0.29) is 11.9 Å². The van der Waals surface area contributed by atoms with E-state index in [2.05, 4.69) is 19.2 Å². The Balaban J connectivity index is 2.17. The highest BCUT2D eigenvalue weighted by atomic mass is 32.2. The smallest absolute Gasteiger partial charge is 0.123 e. The van der Waals surface area contributed by atoms with E-state index in [1.807, 2.05) is 17.8 Å². The Bertz CT molecular complexity index is 342. The molecule has 2 rings (SSSR count). The monoisotopic (exact) mass is 225 g/mol. The van der Waals surface area contributed by atoms with E-state index in [9.17, 15) is 4.39 Å². The summed E-state index contributed by atoms with van der Waals surface area (Å²) >= 11 is 1.97. The molecule has 1 fully saturated rings. The summed E-state index contributed by atoms with van der Waals surface area (Å²) in [7, 11) is 0. The van der Waals surface area contributed by atoms with Gasteiger partial charge in [0.05, 0.1) is 0 Å². The third-order valence-corrected chi connectivity index (χ3v) is 4.08. The highest BCUT2D eigenvalue weighted by Crippen LogP contribution is 2.33. The van der Waals surface area contributed by atoms with Crippen molar-refractivity contribution in [3.05, 3.63) is 35.6 Å². The first kappa shape index (κ1) is 11.0. The third kappa shape index (κ3) is 2.52. The Morgan fingerprint density at radius 1 is 1.40 bits per heavy atom. The van der Waals surface area contributed by atoms with Gasteiger partial charge in [0.25, 0.3) is 0 Å². The number of halogens is 1. The number of hydrogen-bond donors (Lipinski definition) is 1. The van der Waals surface area contributed by atoms with Crippen molar-refractivity contribution in [2.24, 2.45) is 0 Å². The molecular weight excluding hydrogens is 209 g/mol. The average Bonchev–Trinajstić information content (AvgIpc) is 2.17. The van der Waals surface area contributed by atoms with Gasteiger partial charge in [-0.15, -0.1) is 0 Å². The number of hydrogen-bond acceptors (Lipinski definition) is 2. The fourth-order valence-electron chi connectivity index (χ4n) is 2.04. The van der Waals surface area contributed by atoms with Gasteiger partial charge >= 0.3 is 0 Å². The first-order valence-electron chi connectivity index (χ1n) is 5.31. The lowest BCUT2D eigenvalue weighted by atomic mass is 10.0. The van der Waals surface area contributed by atoms with Crippen LogP contribution < -0.4 is 5.32 Å². The maximum absolute atomic E-state index is 13.1. The van der Waals surface area contributed by atoms with Gasteiger partial charge in [-0.2, -0.15) is 11.8 Å². The van der Waals surface area contributed by atoms with E-state index in [0.29, 0.717) is 10.5 Å². The van der Waals surface area contributed by atoms with Gasteiger partial charge in [-0.05, 0) is 17.7 Å². The molecule has 1 aliphatic rings. The van der Waals surface area contributed by atoms with Gasteiger partial charge in [0.15, 0.2) is 0 Å². The maximum atomic E-state index is 13.1. The Hall–Kier alpha value is -0.540. The van der Waals surface area contributed by atoms with Gasteiger partial charge < -0.3 is 5.32 Å². The zero-order valence-corrected chi connectivity index (χ0v) is 9.85. The number of rotatable bonds is 1. The van der Waals surface area contributed by atoms with Crippen LogP contribution in [0.4, 0.5) is 4.39 Å². The van der Waals surface area contributed by atoms with Crippen molar-refractivity contribution in [3.8, 4) is 0 Å². The first-order valence-corrected chi connectivity index (χ1v) is 6.25. The van der Waals surface area contributed by atoms with Crippen LogP contribution in [0.15, 0.2) is 24.3 Å². The van der Waals surface area contributed by atoms with Gasteiger partial charge in [-0.1, -0.05) is 26.0 Å². The van der Waals surface area contributed by atoms with Crippen LogP contribution in [0.1, 0.15) is 25.5 Å². The second kappa shape index (κ2) is 4.54. The molecule has 1 heterocycles. The summed E-state index contributed by atoms with van der Waals surface area (Å²) < 4.78 is 13.1. The highest BCUT2D eigenvalue weighted by Gasteiger charge is 2.26. The Kier molecular flexibility index (Phi) is 3.32. The van der Waals surface area contributed by atoms with Crippen molar-refractivity contribution < 1.29 is 4.39 Å². The van der Waals surface area contributed by atoms with Crippen LogP contribution in [0.2, 0.25) is 0 Å². The van der Waals surface area contributed by atoms with E-state index < -0.39 is 0 Å². The van der Waals surface area contributed by atoms with Gasteiger partial charge in [0, 0.05) is 23.1 Å². The van der Waals surface area contributed by atoms with Crippen molar-refractivity contribution in [2.75, 3.05) is 6.54 Å². The number of benzene rings is 1. The van der Waals surface area contributed by atoms with Gasteiger partial charge in [-0.3, -0.25) is 0 Å². The minimum atomic E-state index is -0.148. The minimum Gasteiger partial charge on any atom is -0.308 e. The molecule has 0 spiro atoms. The second-order valence-electron chi connectivity index (χ2n) is 4.09. The van der Waals surface area contributed by atoms with E-state index in [1.54, 1.807) is 12.1 Å². The molecule has 1 aromatic carbocycles. The summed E-state index contributed by atoms with van der Waals surface area (Å²) in [6.45, 7) is 5.41. The summed E-state index contributed by atoms with van der Waals surface area (Å²) in [6.07, 6.45) is 0. The normalized spacial score (nSPS) is 31.5. The van der Waals surface area contributed by atoms with Crippen LogP contribution in [0.5, 0.6) is 0 Å². The molecule has 1 N–H and O–H groups in total. The lowest BCUT2D eigenvalue weighted by Gasteiger charge is -2.33. The molecule has 82 valence electrons. The third-order valence-electron chi connectivity index (χ3n) is 2.75. The molecule has 1 nitrogen and oxygen atoms in total. The molecule has 0 saturated carbocycles. The molecule has 0 bridgehead atoms. The molecule has 1 aliphatic heterocycles. The summed E-state index contributed by atoms with van der Waals surface area (Å²) in [6, 6.07) is 7.18. The fourth-order valence-corrected chi connectivity index (χ4v) is 3.38. The van der Waals surface area contributed by atoms with Crippen LogP contribution in [0.25, 0.3) is 0 Å². The maximum Gasteiger partial charge on any atom is 0.123 e. The Morgan fingerprint density at radius 2 is 2.20 bits per heavy atom. The Labute approximate surface area is 94.5 Å². The van der Waals surface area contributed by atoms with E-state index in [0.717, 1.165) is 12.1 Å². The standard InChI is InChI=1S/C12H16FNS/c1-8-7-14-12(9(2)15-8)10-4-3-5-11(13)6-10/h3-6,8-9,12,14H,7H2,1-2H3. The lowest BCUT2D eigenvalue weighted by molar-refractivity contribution is 0.506. The second-order valence-corrected chi connectivity index (χ2v) is 5.91. The molecule has 15 heavy (non-hydrogen) atoms. The zero-order chi connectivity index (χ0) is 10.8. The molecule has 3 heteroatoms. The number of thioether (sulfide) groups is 1. The fraction of sp³-hybridized carbons (Fsp3) is 0.500. The topological polar surface area (TPSA) is 12.0 Å². The minimum absolute atomic E-state index is 0.148. The van der Waals surface area contributed by atoms with Gasteiger partial charge in [0.1, 0.15) is 5.82 Å². The summed E-state index contributed by atoms with van der Waals surface area (Å²) in [5.74, 6) is -0.148. The largest absolute Gasteiger partial charge is 0.308 e. The zero-order valence-electron chi connectivity index (χ0n) is 9.03. The molecule has 0 amide bonds. The van der Waals surface area contributed by atoms with E-state index in [1.165, 1.54) is 6.07 Å². The summed E-state index contributed by atoms with van der Waals surface area (Å²) in [4.78, 5) is 0. The van der Waals surface area contributed by atoms with Crippen molar-refractivity contribution in [1.82, 2.24) is 5.32 Å². The van der Waals surface area contributed by atoms with Crippen molar-refractivity contribution >= 4 is 11.8 Å². The van der Waals surface area contributed by atoms with Crippen molar-refractivity contribution in [2.45, 2.75) is 30.4 Å². The van der Waals surface area contributed by atoms with Crippen LogP contribution >= 0.6 is 11.8 Å². The molecule has 1 aromatic rings. The van der Waals surface area contributed by atoms with E-state index >= 15 is 0 Å². The van der Waals surface area contributed by atoms with Crippen LogP contribution in [-0.2, 0) is 0 Å². The lowest BCUT2D eigenvalue weighted by Crippen LogP contribution is -2.39. The molecule has 3 atom stereocenters. The molecule has 0 radical (unpaired) electrons. The SMILES string of the molecule is CC1CNC(c2cccc(F)c2)C(C)S1. The van der Waals surface area contributed by atoms with Crippen LogP contribution in [0, 0.1) is 5.82 Å². The van der Waals surface area contributed by atoms with Crippen molar-refractivity contribution in [1.29, 1.82) is 0 Å². The van der Waals surface area contributed by atoms with Crippen molar-refractivity contribution in [3.63, 3.8) is 0 Å². The molecule has 3 unspecified atom stereocenters.